The second-order valence-corrected chi connectivity index (χ2v) is 3.73. The molecule has 0 radical (unpaired) electrons. The minimum atomic E-state index is -0.937. The number of benzene rings is 1. The van der Waals surface area contributed by atoms with Crippen molar-refractivity contribution in [1.82, 2.24) is 4.98 Å². The highest BCUT2D eigenvalue weighted by atomic mass is 16.4. The largest absolute Gasteiger partial charge is 0.481 e. The van der Waals surface area contributed by atoms with Crippen LogP contribution in [0.15, 0.2) is 29.1 Å². The fraction of sp³-hybridized carbons (Fsp3) is 0.167. The Kier molecular flexibility index (Phi) is 2.48. The van der Waals surface area contributed by atoms with Crippen molar-refractivity contribution >= 4 is 16.9 Å². The molecule has 0 saturated heterocycles. The van der Waals surface area contributed by atoms with Crippen LogP contribution in [0.4, 0.5) is 0 Å². The number of hydrogen-bond acceptors (Lipinski definition) is 2. The number of pyridine rings is 1. The number of para-hydroxylation sites is 1. The maximum Gasteiger partial charge on any atom is 0.307 e. The lowest BCUT2D eigenvalue weighted by Crippen LogP contribution is -2.10. The lowest BCUT2D eigenvalue weighted by atomic mass is 10.0. The number of hydrogen-bond donors (Lipinski definition) is 2. The summed E-state index contributed by atoms with van der Waals surface area (Å²) >= 11 is 0. The number of aryl methyl sites for hydroxylation is 1. The molecule has 0 spiro atoms. The molecule has 4 nitrogen and oxygen atoms in total. The summed E-state index contributed by atoms with van der Waals surface area (Å²) in [5.41, 5.74) is 1.93. The molecule has 0 saturated carbocycles. The molecule has 1 aromatic carbocycles. The highest BCUT2D eigenvalue weighted by Crippen LogP contribution is 2.18. The van der Waals surface area contributed by atoms with Crippen molar-refractivity contribution in [2.75, 3.05) is 0 Å². The van der Waals surface area contributed by atoms with Crippen LogP contribution in [-0.2, 0) is 11.2 Å². The maximum atomic E-state index is 11.4. The first-order valence-corrected chi connectivity index (χ1v) is 4.91. The summed E-state index contributed by atoms with van der Waals surface area (Å²) in [6.45, 7) is 1.88. The maximum absolute atomic E-state index is 11.4. The lowest BCUT2D eigenvalue weighted by Gasteiger charge is -2.05. The highest BCUT2D eigenvalue weighted by Gasteiger charge is 2.08. The van der Waals surface area contributed by atoms with E-state index in [1.54, 1.807) is 0 Å². The zero-order valence-corrected chi connectivity index (χ0v) is 8.78. The first kappa shape index (κ1) is 10.4. The third-order valence-electron chi connectivity index (χ3n) is 2.51. The summed E-state index contributed by atoms with van der Waals surface area (Å²) in [5, 5.41) is 9.57. The third-order valence-corrected chi connectivity index (χ3v) is 2.51. The van der Waals surface area contributed by atoms with Gasteiger partial charge in [-0.05, 0) is 18.1 Å². The molecule has 1 heterocycles. The van der Waals surface area contributed by atoms with Crippen molar-refractivity contribution in [3.63, 3.8) is 0 Å². The average Bonchev–Trinajstić information content (AvgIpc) is 2.18. The first-order chi connectivity index (χ1) is 7.58. The summed E-state index contributed by atoms with van der Waals surface area (Å²) in [6, 6.07) is 6.89. The molecule has 2 N–H and O–H groups in total. The van der Waals surface area contributed by atoms with E-state index in [4.69, 9.17) is 5.11 Å². The molecule has 1 aromatic heterocycles. The number of H-pyrrole nitrogens is 1. The van der Waals surface area contributed by atoms with Crippen molar-refractivity contribution in [3.05, 3.63) is 45.7 Å². The SMILES string of the molecule is Cc1cccc2c(CC(=O)O)cc(=O)[nH]c12. The van der Waals surface area contributed by atoms with Crippen molar-refractivity contribution in [3.8, 4) is 0 Å². The molecule has 0 amide bonds. The van der Waals surface area contributed by atoms with E-state index in [1.807, 2.05) is 25.1 Å². The van der Waals surface area contributed by atoms with E-state index >= 15 is 0 Å². The number of nitrogens with one attached hydrogen (secondary N) is 1. The second kappa shape index (κ2) is 3.81. The number of aliphatic carboxylic acids is 1. The van der Waals surface area contributed by atoms with E-state index in [0.717, 1.165) is 10.9 Å². The molecule has 0 bridgehead atoms. The Labute approximate surface area is 91.5 Å². The molecule has 0 aliphatic heterocycles. The Balaban J connectivity index is 2.78. The van der Waals surface area contributed by atoms with Crippen LogP contribution >= 0.6 is 0 Å². The van der Waals surface area contributed by atoms with Gasteiger partial charge in [0.1, 0.15) is 0 Å². The first-order valence-electron chi connectivity index (χ1n) is 4.91. The minimum absolute atomic E-state index is 0.135. The Morgan fingerprint density at radius 2 is 2.19 bits per heavy atom. The van der Waals surface area contributed by atoms with Crippen molar-refractivity contribution in [2.45, 2.75) is 13.3 Å². The number of rotatable bonds is 2. The summed E-state index contributed by atoms with van der Waals surface area (Å²) in [7, 11) is 0. The van der Waals surface area contributed by atoms with Crippen LogP contribution in [-0.4, -0.2) is 16.1 Å². The molecule has 16 heavy (non-hydrogen) atoms. The molecule has 0 aliphatic rings. The minimum Gasteiger partial charge on any atom is -0.481 e. The summed E-state index contributed by atoms with van der Waals surface area (Å²) < 4.78 is 0. The van der Waals surface area contributed by atoms with Crippen molar-refractivity contribution in [2.24, 2.45) is 0 Å². The van der Waals surface area contributed by atoms with Gasteiger partial charge >= 0.3 is 5.97 Å². The van der Waals surface area contributed by atoms with Gasteiger partial charge in [-0.1, -0.05) is 18.2 Å². The fourth-order valence-corrected chi connectivity index (χ4v) is 1.81. The van der Waals surface area contributed by atoms with Crippen molar-refractivity contribution < 1.29 is 9.90 Å². The number of aromatic amines is 1. The monoisotopic (exact) mass is 217 g/mol. The van der Waals surface area contributed by atoms with Crippen LogP contribution < -0.4 is 5.56 Å². The fourth-order valence-electron chi connectivity index (χ4n) is 1.81. The molecule has 4 heteroatoms. The van der Waals surface area contributed by atoms with E-state index in [0.29, 0.717) is 11.1 Å². The summed E-state index contributed by atoms with van der Waals surface area (Å²) in [4.78, 5) is 24.8. The van der Waals surface area contributed by atoms with Crippen LogP contribution in [0, 0.1) is 6.92 Å². The van der Waals surface area contributed by atoms with Crippen molar-refractivity contribution in [1.29, 1.82) is 0 Å². The quantitative estimate of drug-likeness (QED) is 0.800. The van der Waals surface area contributed by atoms with E-state index in [2.05, 4.69) is 4.98 Å². The Hall–Kier alpha value is -2.10. The average molecular weight is 217 g/mol. The van der Waals surface area contributed by atoms with Crippen LogP contribution in [0.25, 0.3) is 10.9 Å². The molecule has 0 fully saturated rings. The Morgan fingerprint density at radius 3 is 2.88 bits per heavy atom. The third kappa shape index (κ3) is 1.82. The van der Waals surface area contributed by atoms with Gasteiger partial charge in [-0.3, -0.25) is 9.59 Å². The molecular weight excluding hydrogens is 206 g/mol. The van der Waals surface area contributed by atoms with E-state index in [1.165, 1.54) is 6.07 Å². The number of carbonyl (C=O) groups is 1. The van der Waals surface area contributed by atoms with Gasteiger partial charge in [0.25, 0.3) is 0 Å². The molecular formula is C12H11NO3. The van der Waals surface area contributed by atoms with Gasteiger partial charge in [0.15, 0.2) is 0 Å². The lowest BCUT2D eigenvalue weighted by molar-refractivity contribution is -0.136. The van der Waals surface area contributed by atoms with Gasteiger partial charge in [-0.2, -0.15) is 0 Å². The Morgan fingerprint density at radius 1 is 1.44 bits per heavy atom. The molecule has 2 rings (SSSR count). The zero-order valence-electron chi connectivity index (χ0n) is 8.78. The van der Waals surface area contributed by atoms with Gasteiger partial charge in [-0.15, -0.1) is 0 Å². The van der Waals surface area contributed by atoms with Gasteiger partial charge < -0.3 is 10.1 Å². The van der Waals surface area contributed by atoms with Crippen LogP contribution in [0.3, 0.4) is 0 Å². The summed E-state index contributed by atoms with van der Waals surface area (Å²) in [6.07, 6.45) is -0.135. The van der Waals surface area contributed by atoms with Gasteiger partial charge in [-0.25, -0.2) is 0 Å². The highest BCUT2D eigenvalue weighted by molar-refractivity contribution is 5.87. The molecule has 2 aromatic rings. The Bertz CT molecular complexity index is 613. The number of carboxylic acids is 1. The normalized spacial score (nSPS) is 10.6. The van der Waals surface area contributed by atoms with Gasteiger partial charge in [0.2, 0.25) is 5.56 Å². The van der Waals surface area contributed by atoms with Gasteiger partial charge in [0, 0.05) is 11.5 Å². The van der Waals surface area contributed by atoms with E-state index in [-0.39, 0.29) is 12.0 Å². The summed E-state index contributed by atoms with van der Waals surface area (Å²) in [5.74, 6) is -0.937. The number of aromatic nitrogens is 1. The van der Waals surface area contributed by atoms with Crippen LogP contribution in [0.5, 0.6) is 0 Å². The van der Waals surface area contributed by atoms with E-state index in [9.17, 15) is 9.59 Å². The van der Waals surface area contributed by atoms with Gasteiger partial charge in [0.05, 0.1) is 11.9 Å². The van der Waals surface area contributed by atoms with Crippen LogP contribution in [0.2, 0.25) is 0 Å². The smallest absolute Gasteiger partial charge is 0.307 e. The van der Waals surface area contributed by atoms with E-state index < -0.39 is 5.97 Å². The molecule has 82 valence electrons. The molecule has 0 atom stereocenters. The molecule has 0 aliphatic carbocycles. The number of fused-ring (bicyclic) bond motifs is 1. The van der Waals surface area contributed by atoms with Crippen LogP contribution in [0.1, 0.15) is 11.1 Å². The second-order valence-electron chi connectivity index (χ2n) is 3.73. The predicted octanol–water partition coefficient (Wildman–Crippen LogP) is 1.46. The number of carboxylic acid groups (broad SMARTS) is 1. The molecule has 0 unspecified atom stereocenters. The standard InChI is InChI=1S/C12H11NO3/c1-7-3-2-4-9-8(6-11(15)16)5-10(14)13-12(7)9/h2-5H,6H2,1H3,(H,13,14)(H,15,16). The topological polar surface area (TPSA) is 70.2 Å². The predicted molar refractivity (Wildman–Crippen MR) is 60.6 cm³/mol. The zero-order chi connectivity index (χ0) is 11.7.